The molecule has 17 heavy (non-hydrogen) atoms. The van der Waals surface area contributed by atoms with Gasteiger partial charge in [0.25, 0.3) is 0 Å². The van der Waals surface area contributed by atoms with Crippen LogP contribution in [0.1, 0.15) is 18.1 Å². The van der Waals surface area contributed by atoms with E-state index in [0.717, 1.165) is 5.56 Å². The van der Waals surface area contributed by atoms with Crippen LogP contribution in [0.3, 0.4) is 0 Å². The summed E-state index contributed by atoms with van der Waals surface area (Å²) < 4.78 is 5.04. The van der Waals surface area contributed by atoms with Crippen molar-refractivity contribution >= 4 is 5.91 Å². The maximum absolute atomic E-state index is 11.8. The van der Waals surface area contributed by atoms with Gasteiger partial charge in [-0.05, 0) is 24.6 Å². The van der Waals surface area contributed by atoms with Gasteiger partial charge in [-0.25, -0.2) is 0 Å². The van der Waals surface area contributed by atoms with Crippen molar-refractivity contribution in [2.24, 2.45) is 5.41 Å². The van der Waals surface area contributed by atoms with Gasteiger partial charge < -0.3 is 10.1 Å². The number of nitrogens with one attached hydrogen (secondary N) is 1. The first-order valence-electron chi connectivity index (χ1n) is 5.49. The van der Waals surface area contributed by atoms with Crippen molar-refractivity contribution in [1.29, 1.82) is 5.26 Å². The average molecular weight is 230 g/mol. The molecule has 0 bridgehead atoms. The molecule has 0 radical (unpaired) electrons. The molecular formula is C13H14N2O2. The van der Waals surface area contributed by atoms with Crippen LogP contribution in [0, 0.1) is 16.7 Å². The van der Waals surface area contributed by atoms with Crippen LogP contribution in [0.25, 0.3) is 0 Å². The minimum atomic E-state index is -0.382. The van der Waals surface area contributed by atoms with Gasteiger partial charge in [-0.1, -0.05) is 12.1 Å². The molecule has 1 aromatic carbocycles. The van der Waals surface area contributed by atoms with Crippen molar-refractivity contribution in [2.75, 3.05) is 13.2 Å². The quantitative estimate of drug-likeness (QED) is 0.849. The van der Waals surface area contributed by atoms with E-state index in [2.05, 4.69) is 11.4 Å². The molecule has 1 amide bonds. The third-order valence-electron chi connectivity index (χ3n) is 2.90. The fourth-order valence-electron chi connectivity index (χ4n) is 1.69. The molecule has 1 saturated heterocycles. The molecule has 4 heteroatoms. The number of carbonyl (C=O) groups is 1. The number of nitriles is 1. The van der Waals surface area contributed by atoms with Gasteiger partial charge in [0, 0.05) is 6.54 Å². The van der Waals surface area contributed by atoms with Crippen LogP contribution in [0.5, 0.6) is 0 Å². The highest BCUT2D eigenvalue weighted by atomic mass is 16.5. The Morgan fingerprint density at radius 3 is 2.94 bits per heavy atom. The molecule has 4 nitrogen and oxygen atoms in total. The van der Waals surface area contributed by atoms with E-state index >= 15 is 0 Å². The molecule has 0 aliphatic carbocycles. The lowest BCUT2D eigenvalue weighted by Gasteiger charge is -2.36. The first-order chi connectivity index (χ1) is 8.14. The summed E-state index contributed by atoms with van der Waals surface area (Å²) in [4.78, 5) is 11.8. The second-order valence-corrected chi connectivity index (χ2v) is 4.55. The molecular weight excluding hydrogens is 216 g/mol. The molecule has 1 fully saturated rings. The number of ether oxygens (including phenoxy) is 1. The Hall–Kier alpha value is -1.86. The predicted molar refractivity (Wildman–Crippen MR) is 61.9 cm³/mol. The van der Waals surface area contributed by atoms with Crippen molar-refractivity contribution in [1.82, 2.24) is 5.32 Å². The second kappa shape index (κ2) is 4.56. The molecule has 0 unspecified atom stereocenters. The van der Waals surface area contributed by atoms with Gasteiger partial charge >= 0.3 is 0 Å². The Morgan fingerprint density at radius 2 is 2.35 bits per heavy atom. The summed E-state index contributed by atoms with van der Waals surface area (Å²) >= 11 is 0. The van der Waals surface area contributed by atoms with Crippen LogP contribution >= 0.6 is 0 Å². The normalized spacial score (nSPS) is 16.7. The number of hydrogen-bond donors (Lipinski definition) is 1. The van der Waals surface area contributed by atoms with Crippen LogP contribution in [-0.4, -0.2) is 19.1 Å². The van der Waals surface area contributed by atoms with Crippen LogP contribution in [0.4, 0.5) is 0 Å². The topological polar surface area (TPSA) is 62.1 Å². The molecule has 0 saturated carbocycles. The van der Waals surface area contributed by atoms with Gasteiger partial charge in [0.2, 0.25) is 5.91 Å². The summed E-state index contributed by atoms with van der Waals surface area (Å²) in [6, 6.07) is 9.30. The van der Waals surface area contributed by atoms with Crippen LogP contribution < -0.4 is 5.32 Å². The fourth-order valence-corrected chi connectivity index (χ4v) is 1.69. The molecule has 1 aliphatic rings. The van der Waals surface area contributed by atoms with E-state index in [0.29, 0.717) is 25.3 Å². The van der Waals surface area contributed by atoms with E-state index < -0.39 is 0 Å². The highest BCUT2D eigenvalue weighted by molar-refractivity contribution is 5.83. The van der Waals surface area contributed by atoms with E-state index in [4.69, 9.17) is 10.00 Å². The predicted octanol–water partition coefficient (Wildman–Crippen LogP) is 1.21. The maximum Gasteiger partial charge on any atom is 0.230 e. The lowest BCUT2D eigenvalue weighted by atomic mass is 9.87. The number of carbonyl (C=O) groups excluding carboxylic acids is 1. The van der Waals surface area contributed by atoms with Crippen LogP contribution in [0.2, 0.25) is 0 Å². The molecule has 0 aromatic heterocycles. The maximum atomic E-state index is 11.8. The minimum Gasteiger partial charge on any atom is -0.379 e. The van der Waals surface area contributed by atoms with Gasteiger partial charge in [0.05, 0.1) is 30.3 Å². The fraction of sp³-hybridized carbons (Fsp3) is 0.385. The molecule has 1 aromatic rings. The van der Waals surface area contributed by atoms with E-state index in [1.165, 1.54) is 0 Å². The van der Waals surface area contributed by atoms with Crippen molar-refractivity contribution < 1.29 is 9.53 Å². The molecule has 1 aliphatic heterocycles. The van der Waals surface area contributed by atoms with Crippen molar-refractivity contribution in [2.45, 2.75) is 13.5 Å². The molecule has 1 N–H and O–H groups in total. The third kappa shape index (κ3) is 2.45. The third-order valence-corrected chi connectivity index (χ3v) is 2.90. The van der Waals surface area contributed by atoms with E-state index in [1.807, 2.05) is 19.1 Å². The number of rotatable bonds is 3. The van der Waals surface area contributed by atoms with Gasteiger partial charge in [-0.15, -0.1) is 0 Å². The summed E-state index contributed by atoms with van der Waals surface area (Å²) in [6.07, 6.45) is 0. The smallest absolute Gasteiger partial charge is 0.230 e. The highest BCUT2D eigenvalue weighted by Crippen LogP contribution is 2.26. The zero-order chi connectivity index (χ0) is 12.3. The SMILES string of the molecule is CC1(C(=O)NCc2cccc(C#N)c2)COC1. The number of nitrogens with zero attached hydrogens (tertiary/aromatic N) is 1. The first kappa shape index (κ1) is 11.6. The average Bonchev–Trinajstić information content (AvgIpc) is 2.33. The largest absolute Gasteiger partial charge is 0.379 e. The number of hydrogen-bond acceptors (Lipinski definition) is 3. The Balaban J connectivity index is 1.93. The van der Waals surface area contributed by atoms with Gasteiger partial charge in [-0.3, -0.25) is 4.79 Å². The van der Waals surface area contributed by atoms with Crippen molar-refractivity contribution in [3.63, 3.8) is 0 Å². The van der Waals surface area contributed by atoms with E-state index in [1.54, 1.807) is 12.1 Å². The molecule has 2 rings (SSSR count). The van der Waals surface area contributed by atoms with E-state index in [9.17, 15) is 4.79 Å². The number of amides is 1. The lowest BCUT2D eigenvalue weighted by molar-refractivity contribution is -0.157. The number of benzene rings is 1. The zero-order valence-electron chi connectivity index (χ0n) is 9.69. The Bertz CT molecular complexity index is 473. The Labute approximate surface area is 100 Å². The standard InChI is InChI=1S/C13H14N2O2/c1-13(8-17-9-13)12(16)15-7-11-4-2-3-10(5-11)6-14/h2-5H,7-9H2,1H3,(H,15,16). The summed E-state index contributed by atoms with van der Waals surface area (Å²) in [5, 5.41) is 11.6. The molecule has 88 valence electrons. The van der Waals surface area contributed by atoms with Gasteiger partial charge in [0.1, 0.15) is 0 Å². The summed E-state index contributed by atoms with van der Waals surface area (Å²) in [5.74, 6) is 0.00566. The van der Waals surface area contributed by atoms with Crippen molar-refractivity contribution in [3.05, 3.63) is 35.4 Å². The van der Waals surface area contributed by atoms with Crippen LogP contribution in [0.15, 0.2) is 24.3 Å². The summed E-state index contributed by atoms with van der Waals surface area (Å²) in [6.45, 7) is 3.30. The van der Waals surface area contributed by atoms with Crippen LogP contribution in [-0.2, 0) is 16.1 Å². The first-order valence-corrected chi connectivity index (χ1v) is 5.49. The Kier molecular flexibility index (Phi) is 3.12. The minimum absolute atomic E-state index is 0.00566. The van der Waals surface area contributed by atoms with Gasteiger partial charge in [-0.2, -0.15) is 5.26 Å². The van der Waals surface area contributed by atoms with E-state index in [-0.39, 0.29) is 11.3 Å². The second-order valence-electron chi connectivity index (χ2n) is 4.55. The van der Waals surface area contributed by atoms with Gasteiger partial charge in [0.15, 0.2) is 0 Å². The zero-order valence-corrected chi connectivity index (χ0v) is 9.69. The summed E-state index contributed by atoms with van der Waals surface area (Å²) in [7, 11) is 0. The highest BCUT2D eigenvalue weighted by Gasteiger charge is 2.40. The summed E-state index contributed by atoms with van der Waals surface area (Å²) in [5.41, 5.74) is 1.16. The molecule has 0 spiro atoms. The molecule has 1 heterocycles. The Morgan fingerprint density at radius 1 is 1.59 bits per heavy atom. The molecule has 0 atom stereocenters. The lowest BCUT2D eigenvalue weighted by Crippen LogP contribution is -2.51. The van der Waals surface area contributed by atoms with Crippen molar-refractivity contribution in [3.8, 4) is 6.07 Å². The monoisotopic (exact) mass is 230 g/mol.